The van der Waals surface area contributed by atoms with Crippen LogP contribution in [0.15, 0.2) is 29.3 Å². The molecule has 0 aliphatic carbocycles. The second kappa shape index (κ2) is 6.93. The highest BCUT2D eigenvalue weighted by molar-refractivity contribution is 5.44. The van der Waals surface area contributed by atoms with Gasteiger partial charge in [0, 0.05) is 33.4 Å². The zero-order chi connectivity index (χ0) is 16.2. The van der Waals surface area contributed by atoms with Gasteiger partial charge in [-0.25, -0.2) is 9.97 Å². The predicted octanol–water partition coefficient (Wildman–Crippen LogP) is 1.06. The number of hydrogen-bond donors (Lipinski definition) is 2. The normalized spacial score (nSPS) is 22.3. The number of oxazole rings is 1. The molecule has 3 heterocycles. The third-order valence-electron chi connectivity index (χ3n) is 4.10. The molecule has 8 nitrogen and oxygen atoms in total. The van der Waals surface area contributed by atoms with E-state index >= 15 is 0 Å². The summed E-state index contributed by atoms with van der Waals surface area (Å²) >= 11 is 0. The van der Waals surface area contributed by atoms with Gasteiger partial charge in [-0.15, -0.1) is 0 Å². The molecule has 3 rings (SSSR count). The van der Waals surface area contributed by atoms with Crippen molar-refractivity contribution in [1.29, 1.82) is 0 Å². The maximum absolute atomic E-state index is 5.64. The Labute approximate surface area is 135 Å². The molecule has 1 saturated heterocycles. The van der Waals surface area contributed by atoms with Gasteiger partial charge in [-0.05, 0) is 13.0 Å². The zero-order valence-corrected chi connectivity index (χ0v) is 13.6. The van der Waals surface area contributed by atoms with Crippen molar-refractivity contribution in [2.75, 3.05) is 37.5 Å². The van der Waals surface area contributed by atoms with Crippen LogP contribution < -0.4 is 15.5 Å². The van der Waals surface area contributed by atoms with Gasteiger partial charge in [-0.1, -0.05) is 0 Å². The fourth-order valence-electron chi connectivity index (χ4n) is 2.85. The molecule has 1 aliphatic rings. The third kappa shape index (κ3) is 3.43. The second-order valence-corrected chi connectivity index (χ2v) is 5.57. The van der Waals surface area contributed by atoms with E-state index in [0.29, 0.717) is 5.95 Å². The van der Waals surface area contributed by atoms with E-state index in [4.69, 9.17) is 9.15 Å². The van der Waals surface area contributed by atoms with E-state index in [1.807, 2.05) is 13.1 Å². The molecule has 2 N–H and O–H groups in total. The Morgan fingerprint density at radius 1 is 1.43 bits per heavy atom. The summed E-state index contributed by atoms with van der Waals surface area (Å²) in [5, 5.41) is 6.51. The molecule has 0 aromatic carbocycles. The molecule has 0 amide bonds. The minimum absolute atomic E-state index is 0.0679. The fraction of sp³-hybridized carbons (Fsp3) is 0.533. The molecule has 23 heavy (non-hydrogen) atoms. The Morgan fingerprint density at radius 2 is 2.30 bits per heavy atom. The van der Waals surface area contributed by atoms with Gasteiger partial charge in [0.1, 0.15) is 11.6 Å². The molecule has 2 aromatic heterocycles. The third-order valence-corrected chi connectivity index (χ3v) is 4.10. The first-order chi connectivity index (χ1) is 11.2. The number of ether oxygens (including phenoxy) is 1. The maximum Gasteiger partial charge on any atom is 0.224 e. The number of aromatic nitrogens is 3. The quantitative estimate of drug-likeness (QED) is 0.817. The maximum atomic E-state index is 5.64. The van der Waals surface area contributed by atoms with Crippen LogP contribution >= 0.6 is 0 Å². The largest absolute Gasteiger partial charge is 0.447 e. The summed E-state index contributed by atoms with van der Waals surface area (Å²) in [6, 6.07) is 2.15. The first-order valence-electron chi connectivity index (χ1n) is 7.64. The second-order valence-electron chi connectivity index (χ2n) is 5.57. The van der Waals surface area contributed by atoms with E-state index in [1.165, 1.54) is 6.39 Å². The summed E-state index contributed by atoms with van der Waals surface area (Å²) in [4.78, 5) is 14.8. The van der Waals surface area contributed by atoms with E-state index in [9.17, 15) is 0 Å². The molecule has 1 unspecified atom stereocenters. The lowest BCUT2D eigenvalue weighted by Gasteiger charge is -2.21. The smallest absolute Gasteiger partial charge is 0.224 e. The van der Waals surface area contributed by atoms with E-state index < -0.39 is 0 Å². The summed E-state index contributed by atoms with van der Waals surface area (Å²) in [7, 11) is 3.55. The fourth-order valence-corrected chi connectivity index (χ4v) is 2.85. The molecule has 2 aromatic rings. The highest BCUT2D eigenvalue weighted by Gasteiger charge is 2.34. The van der Waals surface area contributed by atoms with E-state index in [-0.39, 0.29) is 18.2 Å². The van der Waals surface area contributed by atoms with Gasteiger partial charge >= 0.3 is 0 Å². The first kappa shape index (κ1) is 15.7. The van der Waals surface area contributed by atoms with Crippen LogP contribution in [0.5, 0.6) is 0 Å². The van der Waals surface area contributed by atoms with Crippen molar-refractivity contribution < 1.29 is 9.15 Å². The summed E-state index contributed by atoms with van der Waals surface area (Å²) in [5.41, 5.74) is 0. The molecule has 8 heteroatoms. The molecular formula is C15H22N6O2. The highest BCUT2D eigenvalue weighted by Crippen LogP contribution is 2.23. The van der Waals surface area contributed by atoms with Crippen LogP contribution in [0.1, 0.15) is 18.7 Å². The molecule has 124 valence electrons. The first-order valence-corrected chi connectivity index (χ1v) is 7.64. The van der Waals surface area contributed by atoms with E-state index in [2.05, 4.69) is 37.4 Å². The van der Waals surface area contributed by atoms with E-state index in [1.54, 1.807) is 19.5 Å². The molecule has 1 aliphatic heterocycles. The van der Waals surface area contributed by atoms with Crippen LogP contribution in [0.2, 0.25) is 0 Å². The number of rotatable bonds is 6. The van der Waals surface area contributed by atoms with Crippen molar-refractivity contribution in [1.82, 2.24) is 20.3 Å². The summed E-state index contributed by atoms with van der Waals surface area (Å²) in [6.45, 7) is 3.63. The van der Waals surface area contributed by atoms with Crippen LogP contribution in [-0.4, -0.2) is 54.3 Å². The Morgan fingerprint density at radius 3 is 3.00 bits per heavy atom. The Bertz CT molecular complexity index is 620. The number of methoxy groups -OCH3 is 1. The van der Waals surface area contributed by atoms with E-state index in [0.717, 1.165) is 24.7 Å². The van der Waals surface area contributed by atoms with Crippen molar-refractivity contribution in [3.63, 3.8) is 0 Å². The minimum atomic E-state index is 0.0679. The SMILES string of the molecule is CNc1nccc(N2C[C@H](OC)[C@H](NC(C)c3cnco3)C2)n1. The average Bonchev–Trinajstić information content (AvgIpc) is 3.24. The molecule has 0 radical (unpaired) electrons. The standard InChI is InChI=1S/C15H22N6O2/c1-10(12-6-17-9-23-12)19-11-7-21(8-13(11)22-3)14-4-5-18-15(16-2)20-14/h4-6,9-11,13,19H,7-8H2,1-3H3,(H,16,18,20)/t10?,11-,13+/m1/s1. The number of hydrogen-bond acceptors (Lipinski definition) is 8. The molecule has 0 spiro atoms. The lowest BCUT2D eigenvalue weighted by atomic mass is 10.1. The molecule has 1 fully saturated rings. The highest BCUT2D eigenvalue weighted by atomic mass is 16.5. The van der Waals surface area contributed by atoms with Gasteiger partial charge in [0.05, 0.1) is 24.4 Å². The van der Waals surface area contributed by atoms with Crippen LogP contribution in [0.4, 0.5) is 11.8 Å². The topological polar surface area (TPSA) is 88.3 Å². The van der Waals surface area contributed by atoms with Crippen molar-refractivity contribution >= 4 is 11.8 Å². The van der Waals surface area contributed by atoms with Crippen molar-refractivity contribution in [3.8, 4) is 0 Å². The number of nitrogens with zero attached hydrogens (tertiary/aromatic N) is 4. The Kier molecular flexibility index (Phi) is 4.73. The molecule has 0 bridgehead atoms. The average molecular weight is 318 g/mol. The Balaban J connectivity index is 1.69. The monoisotopic (exact) mass is 318 g/mol. The van der Waals surface area contributed by atoms with Gasteiger partial charge < -0.3 is 24.7 Å². The lowest BCUT2D eigenvalue weighted by Crippen LogP contribution is -2.41. The molecule has 0 saturated carbocycles. The minimum Gasteiger partial charge on any atom is -0.447 e. The lowest BCUT2D eigenvalue weighted by molar-refractivity contribution is 0.0928. The van der Waals surface area contributed by atoms with Gasteiger partial charge in [-0.3, -0.25) is 0 Å². The van der Waals surface area contributed by atoms with Gasteiger partial charge in [0.2, 0.25) is 5.95 Å². The summed E-state index contributed by atoms with van der Waals surface area (Å²) in [6.07, 6.45) is 5.01. The van der Waals surface area contributed by atoms with Crippen LogP contribution in [0, 0.1) is 0 Å². The van der Waals surface area contributed by atoms with Crippen LogP contribution in [0.25, 0.3) is 0 Å². The Hall–Kier alpha value is -2.19. The van der Waals surface area contributed by atoms with Crippen LogP contribution in [0.3, 0.4) is 0 Å². The number of nitrogens with one attached hydrogen (secondary N) is 2. The zero-order valence-electron chi connectivity index (χ0n) is 13.6. The van der Waals surface area contributed by atoms with Crippen molar-refractivity contribution in [2.45, 2.75) is 25.1 Å². The molecular weight excluding hydrogens is 296 g/mol. The van der Waals surface area contributed by atoms with Crippen molar-refractivity contribution in [3.05, 3.63) is 30.6 Å². The van der Waals surface area contributed by atoms with Gasteiger partial charge in [0.15, 0.2) is 6.39 Å². The van der Waals surface area contributed by atoms with Gasteiger partial charge in [0.25, 0.3) is 0 Å². The summed E-state index contributed by atoms with van der Waals surface area (Å²) in [5.74, 6) is 2.32. The number of anilines is 2. The van der Waals surface area contributed by atoms with Crippen molar-refractivity contribution in [2.24, 2.45) is 0 Å². The predicted molar refractivity (Wildman–Crippen MR) is 86.4 cm³/mol. The van der Waals surface area contributed by atoms with Crippen LogP contribution in [-0.2, 0) is 4.74 Å². The van der Waals surface area contributed by atoms with Gasteiger partial charge in [-0.2, -0.15) is 4.98 Å². The molecule has 3 atom stereocenters. The summed E-state index contributed by atoms with van der Waals surface area (Å²) < 4.78 is 11.0.